The van der Waals surface area contributed by atoms with E-state index in [1.54, 1.807) is 0 Å². The maximum Gasteiger partial charge on any atom is 0.188 e. The fraction of sp³-hybridized carbons (Fsp3) is 0.917. The summed E-state index contributed by atoms with van der Waals surface area (Å²) in [6.07, 6.45) is 4.68. The molecule has 0 bridgehead atoms. The van der Waals surface area contributed by atoms with E-state index >= 15 is 0 Å². The third-order valence-electron chi connectivity index (χ3n) is 3.35. The first-order valence-electron chi connectivity index (χ1n) is 6.48. The van der Waals surface area contributed by atoms with Crippen LogP contribution in [0, 0.1) is 0 Å². The first kappa shape index (κ1) is 18.3. The maximum absolute atomic E-state index is 5.85. The fourth-order valence-electron chi connectivity index (χ4n) is 2.12. The molecule has 1 aliphatic rings. The van der Waals surface area contributed by atoms with Crippen molar-refractivity contribution in [1.82, 2.24) is 10.2 Å². The Hall–Kier alpha value is 0.310. The molecule has 0 aromatic heterocycles. The molecule has 0 aromatic carbocycles. The van der Waals surface area contributed by atoms with Gasteiger partial charge in [-0.3, -0.25) is 9.89 Å². The van der Waals surface area contributed by atoms with Gasteiger partial charge in [-0.25, -0.2) is 0 Å². The highest BCUT2D eigenvalue weighted by Crippen LogP contribution is 2.15. The Kier molecular flexibility index (Phi) is 10.3. The standard InChI is InChI=1S/C12H26N4S.HI/c1-4-16-7-5-6-11(16)9-15-12(13)14-8-10(2)17-3;/h10-11H,4-9H2,1-3H3,(H3,13,14,15);1H. The van der Waals surface area contributed by atoms with E-state index in [0.29, 0.717) is 17.3 Å². The number of thioether (sulfide) groups is 1. The summed E-state index contributed by atoms with van der Waals surface area (Å²) < 4.78 is 0. The number of likely N-dealkylation sites (N-methyl/N-ethyl adjacent to an activating group) is 1. The van der Waals surface area contributed by atoms with Crippen LogP contribution in [0.25, 0.3) is 0 Å². The van der Waals surface area contributed by atoms with Crippen LogP contribution in [0.4, 0.5) is 0 Å². The van der Waals surface area contributed by atoms with E-state index in [9.17, 15) is 0 Å². The summed E-state index contributed by atoms with van der Waals surface area (Å²) in [5.41, 5.74) is 5.85. The number of nitrogens with one attached hydrogen (secondary N) is 1. The van der Waals surface area contributed by atoms with Crippen molar-refractivity contribution in [3.05, 3.63) is 0 Å². The lowest BCUT2D eigenvalue weighted by atomic mass is 10.2. The number of halogens is 1. The number of guanidine groups is 1. The molecule has 0 amide bonds. The van der Waals surface area contributed by atoms with Crippen LogP contribution in [0.2, 0.25) is 0 Å². The van der Waals surface area contributed by atoms with E-state index in [1.807, 2.05) is 11.8 Å². The zero-order valence-electron chi connectivity index (χ0n) is 11.7. The molecule has 6 heteroatoms. The van der Waals surface area contributed by atoms with Crippen LogP contribution in [-0.4, -0.2) is 54.6 Å². The van der Waals surface area contributed by atoms with E-state index in [2.05, 4.69) is 35.3 Å². The second-order valence-electron chi connectivity index (χ2n) is 4.58. The molecule has 0 spiro atoms. The molecule has 0 aliphatic carbocycles. The lowest BCUT2D eigenvalue weighted by Gasteiger charge is -2.23. The molecule has 108 valence electrons. The predicted molar refractivity (Wildman–Crippen MR) is 93.2 cm³/mol. The normalized spacial score (nSPS) is 22.6. The van der Waals surface area contributed by atoms with Crippen molar-refractivity contribution in [2.45, 2.75) is 38.0 Å². The van der Waals surface area contributed by atoms with Crippen molar-refractivity contribution in [1.29, 1.82) is 0 Å². The molecule has 1 rings (SSSR count). The van der Waals surface area contributed by atoms with Gasteiger partial charge in [0.2, 0.25) is 0 Å². The first-order chi connectivity index (χ1) is 8.17. The molecule has 1 heterocycles. The van der Waals surface area contributed by atoms with Crippen molar-refractivity contribution in [2.24, 2.45) is 10.7 Å². The smallest absolute Gasteiger partial charge is 0.188 e. The third kappa shape index (κ3) is 6.47. The first-order valence-corrected chi connectivity index (χ1v) is 7.76. The molecule has 18 heavy (non-hydrogen) atoms. The number of likely N-dealkylation sites (tertiary alicyclic amines) is 1. The van der Waals surface area contributed by atoms with Gasteiger partial charge in [-0.1, -0.05) is 13.8 Å². The summed E-state index contributed by atoms with van der Waals surface area (Å²) in [6, 6.07) is 0.631. The lowest BCUT2D eigenvalue weighted by molar-refractivity contribution is 0.267. The number of aliphatic imine (C=N–C) groups is 1. The Morgan fingerprint density at radius 2 is 2.33 bits per heavy atom. The van der Waals surface area contributed by atoms with E-state index in [1.165, 1.54) is 19.4 Å². The molecule has 1 saturated heterocycles. The summed E-state index contributed by atoms with van der Waals surface area (Å²) >= 11 is 1.82. The van der Waals surface area contributed by atoms with Crippen molar-refractivity contribution >= 4 is 41.7 Å². The Morgan fingerprint density at radius 1 is 1.61 bits per heavy atom. The van der Waals surface area contributed by atoms with E-state index in [4.69, 9.17) is 5.73 Å². The van der Waals surface area contributed by atoms with Crippen molar-refractivity contribution < 1.29 is 0 Å². The lowest BCUT2D eigenvalue weighted by Crippen LogP contribution is -2.42. The summed E-state index contributed by atoms with van der Waals surface area (Å²) in [6.45, 7) is 8.46. The third-order valence-corrected chi connectivity index (χ3v) is 4.30. The minimum Gasteiger partial charge on any atom is -0.370 e. The summed E-state index contributed by atoms with van der Waals surface area (Å²) in [7, 11) is 0. The Bertz CT molecular complexity index is 250. The molecular formula is C12H27IN4S. The van der Waals surface area contributed by atoms with Crippen molar-refractivity contribution in [3.63, 3.8) is 0 Å². The van der Waals surface area contributed by atoms with Crippen LogP contribution in [0.15, 0.2) is 4.99 Å². The number of nitrogens with zero attached hydrogens (tertiary/aromatic N) is 2. The van der Waals surface area contributed by atoms with Crippen molar-refractivity contribution in [3.8, 4) is 0 Å². The predicted octanol–water partition coefficient (Wildman–Crippen LogP) is 1.74. The van der Waals surface area contributed by atoms with Crippen LogP contribution in [0.1, 0.15) is 26.7 Å². The van der Waals surface area contributed by atoms with Gasteiger partial charge in [-0.05, 0) is 32.2 Å². The zero-order chi connectivity index (χ0) is 12.7. The highest BCUT2D eigenvalue weighted by Gasteiger charge is 2.22. The number of rotatable bonds is 6. The zero-order valence-corrected chi connectivity index (χ0v) is 14.8. The van der Waals surface area contributed by atoms with Gasteiger partial charge in [-0.2, -0.15) is 11.8 Å². The number of nitrogens with two attached hydrogens (primary N) is 1. The quantitative estimate of drug-likeness (QED) is 0.415. The molecule has 2 atom stereocenters. The Balaban J connectivity index is 0.00000289. The minimum absolute atomic E-state index is 0. The number of hydrogen-bond donors (Lipinski definition) is 2. The van der Waals surface area contributed by atoms with Crippen LogP contribution < -0.4 is 11.1 Å². The van der Waals surface area contributed by atoms with Crippen LogP contribution in [0.5, 0.6) is 0 Å². The number of hydrogen-bond acceptors (Lipinski definition) is 3. The largest absolute Gasteiger partial charge is 0.370 e. The average molecular weight is 386 g/mol. The Morgan fingerprint density at radius 3 is 2.94 bits per heavy atom. The fourth-order valence-corrected chi connectivity index (χ4v) is 2.35. The van der Waals surface area contributed by atoms with Gasteiger partial charge in [0.15, 0.2) is 5.96 Å². The molecule has 1 fully saturated rings. The molecule has 0 saturated carbocycles. The average Bonchev–Trinajstić information content (AvgIpc) is 2.80. The van der Waals surface area contributed by atoms with Crippen LogP contribution in [0.3, 0.4) is 0 Å². The van der Waals surface area contributed by atoms with Crippen LogP contribution in [-0.2, 0) is 0 Å². The topological polar surface area (TPSA) is 53.6 Å². The van der Waals surface area contributed by atoms with E-state index in [0.717, 1.165) is 19.6 Å². The van der Waals surface area contributed by atoms with Gasteiger partial charge in [0.1, 0.15) is 0 Å². The van der Waals surface area contributed by atoms with E-state index < -0.39 is 0 Å². The second kappa shape index (κ2) is 10.1. The van der Waals surface area contributed by atoms with Crippen LogP contribution >= 0.6 is 35.7 Å². The van der Waals surface area contributed by atoms with E-state index in [-0.39, 0.29) is 24.0 Å². The minimum atomic E-state index is 0. The van der Waals surface area contributed by atoms with Gasteiger partial charge in [0.05, 0.1) is 6.54 Å². The van der Waals surface area contributed by atoms with Gasteiger partial charge in [-0.15, -0.1) is 24.0 Å². The van der Waals surface area contributed by atoms with Gasteiger partial charge < -0.3 is 11.1 Å². The molecule has 2 unspecified atom stereocenters. The molecule has 4 nitrogen and oxygen atoms in total. The monoisotopic (exact) mass is 386 g/mol. The Labute approximate surface area is 133 Å². The summed E-state index contributed by atoms with van der Waals surface area (Å²) in [5.74, 6) is 0.592. The van der Waals surface area contributed by atoms with Gasteiger partial charge >= 0.3 is 0 Å². The molecular weight excluding hydrogens is 359 g/mol. The summed E-state index contributed by atoms with van der Waals surface area (Å²) in [5, 5.41) is 3.78. The summed E-state index contributed by atoms with van der Waals surface area (Å²) in [4.78, 5) is 6.86. The molecule has 0 radical (unpaired) electrons. The molecule has 3 N–H and O–H groups in total. The second-order valence-corrected chi connectivity index (χ2v) is 5.85. The van der Waals surface area contributed by atoms with Gasteiger partial charge in [0, 0.05) is 17.8 Å². The molecule has 1 aliphatic heterocycles. The highest BCUT2D eigenvalue weighted by molar-refractivity contribution is 14.0. The highest BCUT2D eigenvalue weighted by atomic mass is 127. The molecule has 0 aromatic rings. The SMILES string of the molecule is CCN1CCCC1CNC(N)=NCC(C)SC.I. The van der Waals surface area contributed by atoms with Crippen molar-refractivity contribution in [2.75, 3.05) is 32.4 Å². The van der Waals surface area contributed by atoms with Gasteiger partial charge in [0.25, 0.3) is 0 Å². The maximum atomic E-state index is 5.85.